The van der Waals surface area contributed by atoms with Gasteiger partial charge in [-0.05, 0) is 82.4 Å². The largest absolute Gasteiger partial charge is 0.478 e. The summed E-state index contributed by atoms with van der Waals surface area (Å²) in [5.41, 5.74) is 8.36. The average molecular weight is 496 g/mol. The summed E-state index contributed by atoms with van der Waals surface area (Å²) in [5, 5.41) is 12.0. The number of amides is 1. The fourth-order valence-electron chi connectivity index (χ4n) is 4.59. The van der Waals surface area contributed by atoms with Crippen LogP contribution >= 0.6 is 0 Å². The molecule has 36 heavy (non-hydrogen) atoms. The van der Waals surface area contributed by atoms with Gasteiger partial charge in [0.05, 0.1) is 11.6 Å². The van der Waals surface area contributed by atoms with Crippen LogP contribution in [0.4, 0.5) is 5.69 Å². The number of aromatic carboxylic acids is 1. The van der Waals surface area contributed by atoms with Gasteiger partial charge in [-0.3, -0.25) is 9.69 Å². The van der Waals surface area contributed by atoms with Gasteiger partial charge in [-0.1, -0.05) is 43.7 Å². The van der Waals surface area contributed by atoms with Crippen LogP contribution in [0.5, 0.6) is 0 Å². The molecule has 3 rings (SSSR count). The molecule has 4 atom stereocenters. The quantitative estimate of drug-likeness (QED) is 0.406. The van der Waals surface area contributed by atoms with Gasteiger partial charge in [0, 0.05) is 23.6 Å². The van der Waals surface area contributed by atoms with E-state index in [0.717, 1.165) is 50.5 Å². The molecule has 2 aromatic carbocycles. The molecule has 4 N–H and O–H groups in total. The normalized spacial score (nSPS) is 19.0. The minimum atomic E-state index is -0.972. The summed E-state index contributed by atoms with van der Waals surface area (Å²) in [6.07, 6.45) is 6.07. The SMILES string of the molecule is CCC(C=O)CCCC(C)N.Cc1cc(C(=O)O)ccc1NC(=O)C1C(c2ccccc2)CCN1C. The lowest BCUT2D eigenvalue weighted by Crippen LogP contribution is -2.40. The zero-order valence-corrected chi connectivity index (χ0v) is 21.9. The zero-order valence-electron chi connectivity index (χ0n) is 21.9. The molecule has 1 heterocycles. The zero-order chi connectivity index (χ0) is 26.7. The Labute approximate surface area is 215 Å². The van der Waals surface area contributed by atoms with E-state index in [1.807, 2.05) is 39.1 Å². The Balaban J connectivity index is 0.000000352. The van der Waals surface area contributed by atoms with Gasteiger partial charge in [0.15, 0.2) is 0 Å². The van der Waals surface area contributed by atoms with Gasteiger partial charge in [-0.2, -0.15) is 0 Å². The number of carboxylic acid groups (broad SMARTS) is 1. The van der Waals surface area contributed by atoms with E-state index in [0.29, 0.717) is 5.69 Å². The highest BCUT2D eigenvalue weighted by Crippen LogP contribution is 2.33. The van der Waals surface area contributed by atoms with Gasteiger partial charge in [0.25, 0.3) is 0 Å². The number of hydrogen-bond donors (Lipinski definition) is 3. The lowest BCUT2D eigenvalue weighted by molar-refractivity contribution is -0.120. The van der Waals surface area contributed by atoms with Crippen LogP contribution in [0.25, 0.3) is 0 Å². The van der Waals surface area contributed by atoms with Crippen LogP contribution < -0.4 is 11.1 Å². The summed E-state index contributed by atoms with van der Waals surface area (Å²) in [5.74, 6) is -0.612. The molecule has 196 valence electrons. The van der Waals surface area contributed by atoms with E-state index in [9.17, 15) is 14.4 Å². The Kier molecular flexibility index (Phi) is 11.8. The van der Waals surface area contributed by atoms with Crippen molar-refractivity contribution in [2.24, 2.45) is 11.7 Å². The van der Waals surface area contributed by atoms with Crippen molar-refractivity contribution in [3.05, 3.63) is 65.2 Å². The molecule has 0 aliphatic carbocycles. The van der Waals surface area contributed by atoms with Crippen LogP contribution in [0, 0.1) is 12.8 Å². The molecular weight excluding hydrogens is 454 g/mol. The van der Waals surface area contributed by atoms with E-state index in [-0.39, 0.29) is 35.4 Å². The molecule has 7 nitrogen and oxygen atoms in total. The first kappa shape index (κ1) is 29.2. The van der Waals surface area contributed by atoms with Crippen molar-refractivity contribution in [3.63, 3.8) is 0 Å². The standard InChI is InChI=1S/C20H22N2O3.C9H19NO/c1-13-12-15(20(24)25)8-9-17(13)21-19(23)18-16(10-11-22(18)2)14-6-4-3-5-7-14;1-3-9(7-11)6-4-5-8(2)10/h3-9,12,16,18H,10-11H2,1-2H3,(H,21,23)(H,24,25);7-9H,3-6,10H2,1-2H3. The summed E-state index contributed by atoms with van der Waals surface area (Å²) in [7, 11) is 1.97. The lowest BCUT2D eigenvalue weighted by Gasteiger charge is -2.25. The van der Waals surface area contributed by atoms with E-state index in [2.05, 4.69) is 22.3 Å². The minimum Gasteiger partial charge on any atom is -0.478 e. The summed E-state index contributed by atoms with van der Waals surface area (Å²) < 4.78 is 0. The molecule has 7 heteroatoms. The van der Waals surface area contributed by atoms with Crippen molar-refractivity contribution < 1.29 is 19.5 Å². The maximum Gasteiger partial charge on any atom is 0.335 e. The van der Waals surface area contributed by atoms with Gasteiger partial charge in [-0.25, -0.2) is 4.79 Å². The first-order valence-corrected chi connectivity index (χ1v) is 12.8. The number of nitrogens with zero attached hydrogens (tertiary/aromatic N) is 1. The minimum absolute atomic E-state index is 0.0555. The molecule has 0 radical (unpaired) electrons. The third-order valence-corrected chi connectivity index (χ3v) is 6.83. The molecule has 4 unspecified atom stereocenters. The van der Waals surface area contributed by atoms with Crippen molar-refractivity contribution in [1.82, 2.24) is 4.90 Å². The predicted octanol–water partition coefficient (Wildman–Crippen LogP) is 4.85. The fourth-order valence-corrected chi connectivity index (χ4v) is 4.59. The van der Waals surface area contributed by atoms with E-state index in [1.165, 1.54) is 11.6 Å². The van der Waals surface area contributed by atoms with Gasteiger partial charge in [-0.15, -0.1) is 0 Å². The summed E-state index contributed by atoms with van der Waals surface area (Å²) in [4.78, 5) is 36.4. The van der Waals surface area contributed by atoms with Crippen LogP contribution in [0.15, 0.2) is 48.5 Å². The Bertz CT molecular complexity index is 993. The molecule has 1 fully saturated rings. The van der Waals surface area contributed by atoms with E-state index < -0.39 is 5.97 Å². The highest BCUT2D eigenvalue weighted by Gasteiger charge is 2.38. The third kappa shape index (κ3) is 8.57. The molecule has 0 saturated carbocycles. The molecule has 1 amide bonds. The Morgan fingerprint density at radius 2 is 1.89 bits per heavy atom. The second kappa shape index (κ2) is 14.5. The number of hydrogen-bond acceptors (Lipinski definition) is 5. The Morgan fingerprint density at radius 1 is 1.19 bits per heavy atom. The van der Waals surface area contributed by atoms with Gasteiger partial charge < -0.3 is 21.0 Å². The van der Waals surface area contributed by atoms with Gasteiger partial charge in [0.2, 0.25) is 5.91 Å². The average Bonchev–Trinajstić information content (AvgIpc) is 3.25. The summed E-state index contributed by atoms with van der Waals surface area (Å²) >= 11 is 0. The van der Waals surface area contributed by atoms with Crippen molar-refractivity contribution >= 4 is 23.9 Å². The number of aldehydes is 1. The van der Waals surface area contributed by atoms with Crippen LogP contribution in [-0.4, -0.2) is 53.8 Å². The number of carbonyl (C=O) groups excluding carboxylic acids is 2. The van der Waals surface area contributed by atoms with Gasteiger partial charge >= 0.3 is 5.97 Å². The second-order valence-corrected chi connectivity index (χ2v) is 9.77. The number of nitrogens with two attached hydrogens (primary N) is 1. The fraction of sp³-hybridized carbons (Fsp3) is 0.483. The molecule has 0 spiro atoms. The maximum absolute atomic E-state index is 12.9. The van der Waals surface area contributed by atoms with Gasteiger partial charge in [0.1, 0.15) is 6.29 Å². The van der Waals surface area contributed by atoms with E-state index in [1.54, 1.807) is 19.1 Å². The third-order valence-electron chi connectivity index (χ3n) is 6.83. The lowest BCUT2D eigenvalue weighted by atomic mass is 9.91. The number of aryl methyl sites for hydroxylation is 1. The van der Waals surface area contributed by atoms with E-state index in [4.69, 9.17) is 10.8 Å². The number of benzene rings is 2. The predicted molar refractivity (Wildman–Crippen MR) is 144 cm³/mol. The van der Waals surface area contributed by atoms with E-state index >= 15 is 0 Å². The van der Waals surface area contributed by atoms with Crippen molar-refractivity contribution in [2.45, 2.75) is 70.9 Å². The molecule has 1 saturated heterocycles. The number of nitrogens with one attached hydrogen (secondary N) is 1. The highest BCUT2D eigenvalue weighted by molar-refractivity contribution is 5.97. The Morgan fingerprint density at radius 3 is 2.44 bits per heavy atom. The number of carboxylic acids is 1. The van der Waals surface area contributed by atoms with Crippen molar-refractivity contribution in [3.8, 4) is 0 Å². The van der Waals surface area contributed by atoms with Crippen LogP contribution in [0.1, 0.15) is 73.4 Å². The summed E-state index contributed by atoms with van der Waals surface area (Å²) in [6.45, 7) is 6.72. The molecular formula is C29H41N3O4. The van der Waals surface area contributed by atoms with Crippen molar-refractivity contribution in [1.29, 1.82) is 0 Å². The first-order chi connectivity index (χ1) is 17.2. The summed E-state index contributed by atoms with van der Waals surface area (Å²) in [6, 6.07) is 14.9. The smallest absolute Gasteiger partial charge is 0.335 e. The van der Waals surface area contributed by atoms with Crippen molar-refractivity contribution in [2.75, 3.05) is 18.9 Å². The number of likely N-dealkylation sites (N-methyl/N-ethyl adjacent to an activating group) is 1. The van der Waals surface area contributed by atoms with Crippen LogP contribution in [0.2, 0.25) is 0 Å². The molecule has 0 aromatic heterocycles. The highest BCUT2D eigenvalue weighted by atomic mass is 16.4. The van der Waals surface area contributed by atoms with Crippen LogP contribution in [0.3, 0.4) is 0 Å². The van der Waals surface area contributed by atoms with Crippen LogP contribution in [-0.2, 0) is 9.59 Å². The number of carbonyl (C=O) groups is 3. The molecule has 0 bridgehead atoms. The monoisotopic (exact) mass is 495 g/mol. The topological polar surface area (TPSA) is 113 Å². The number of likely N-dealkylation sites (tertiary alicyclic amines) is 1. The molecule has 2 aromatic rings. The Hall–Kier alpha value is -3.03. The number of rotatable bonds is 10. The first-order valence-electron chi connectivity index (χ1n) is 12.8. The molecule has 1 aliphatic heterocycles. The maximum atomic E-state index is 12.9. The number of anilines is 1. The molecule has 1 aliphatic rings. The second-order valence-electron chi connectivity index (χ2n) is 9.77.